The standard InChI is InChI=1S/C18H18N2O3S/c1-4-22-14-7-5-13(6-8-14)16-12(3)24-18(19-16)20-17(21)15-9-10-23-11(15)2/h5-10H,4H2,1-3H3,(H,19,20,21). The Labute approximate surface area is 144 Å². The first-order chi connectivity index (χ1) is 11.6. The minimum atomic E-state index is -0.215. The van der Waals surface area contributed by atoms with Gasteiger partial charge in [-0.15, -0.1) is 11.3 Å². The average Bonchev–Trinajstić information content (AvgIpc) is 3.14. The summed E-state index contributed by atoms with van der Waals surface area (Å²) < 4.78 is 10.6. The van der Waals surface area contributed by atoms with E-state index in [9.17, 15) is 4.79 Å². The van der Waals surface area contributed by atoms with Crippen LogP contribution in [0.15, 0.2) is 41.0 Å². The normalized spacial score (nSPS) is 10.6. The Balaban J connectivity index is 1.80. The molecule has 1 amide bonds. The number of anilines is 1. The van der Waals surface area contributed by atoms with Gasteiger partial charge in [0, 0.05) is 10.4 Å². The lowest BCUT2D eigenvalue weighted by atomic mass is 10.1. The molecule has 0 aliphatic carbocycles. The van der Waals surface area contributed by atoms with Gasteiger partial charge in [0.15, 0.2) is 5.13 Å². The second-order valence-corrected chi connectivity index (χ2v) is 6.43. The van der Waals surface area contributed by atoms with Crippen molar-refractivity contribution in [1.29, 1.82) is 0 Å². The Hall–Kier alpha value is -2.60. The van der Waals surface area contributed by atoms with E-state index < -0.39 is 0 Å². The maximum Gasteiger partial charge on any atom is 0.260 e. The first-order valence-corrected chi connectivity index (χ1v) is 8.46. The highest BCUT2D eigenvalue weighted by atomic mass is 32.1. The van der Waals surface area contributed by atoms with Crippen LogP contribution in [0.4, 0.5) is 5.13 Å². The van der Waals surface area contributed by atoms with E-state index in [0.29, 0.717) is 23.1 Å². The Morgan fingerprint density at radius 2 is 2.00 bits per heavy atom. The third-order valence-electron chi connectivity index (χ3n) is 3.56. The van der Waals surface area contributed by atoms with Crippen molar-refractivity contribution in [2.45, 2.75) is 20.8 Å². The molecule has 0 spiro atoms. The first-order valence-electron chi connectivity index (χ1n) is 7.64. The lowest BCUT2D eigenvalue weighted by molar-refractivity contribution is 0.102. The zero-order valence-electron chi connectivity index (χ0n) is 13.8. The Bertz CT molecular complexity index is 850. The maximum atomic E-state index is 12.2. The number of benzene rings is 1. The third-order valence-corrected chi connectivity index (χ3v) is 4.45. The number of furan rings is 1. The van der Waals surface area contributed by atoms with Crippen LogP contribution in [0.3, 0.4) is 0 Å². The van der Waals surface area contributed by atoms with Crippen LogP contribution < -0.4 is 10.1 Å². The van der Waals surface area contributed by atoms with Gasteiger partial charge in [-0.1, -0.05) is 0 Å². The summed E-state index contributed by atoms with van der Waals surface area (Å²) in [5.74, 6) is 1.21. The second-order valence-electron chi connectivity index (χ2n) is 5.23. The molecule has 3 aromatic rings. The van der Waals surface area contributed by atoms with Crippen LogP contribution in [0.2, 0.25) is 0 Å². The summed E-state index contributed by atoms with van der Waals surface area (Å²) in [5, 5.41) is 3.40. The van der Waals surface area contributed by atoms with Crippen molar-refractivity contribution in [2.24, 2.45) is 0 Å². The van der Waals surface area contributed by atoms with Crippen molar-refractivity contribution in [3.63, 3.8) is 0 Å². The van der Waals surface area contributed by atoms with Crippen molar-refractivity contribution >= 4 is 22.4 Å². The zero-order valence-corrected chi connectivity index (χ0v) is 14.6. The number of rotatable bonds is 5. The van der Waals surface area contributed by atoms with Gasteiger partial charge in [-0.25, -0.2) is 4.98 Å². The summed E-state index contributed by atoms with van der Waals surface area (Å²) >= 11 is 1.45. The topological polar surface area (TPSA) is 64.4 Å². The summed E-state index contributed by atoms with van der Waals surface area (Å²) in [7, 11) is 0. The van der Waals surface area contributed by atoms with Gasteiger partial charge in [-0.2, -0.15) is 0 Å². The minimum Gasteiger partial charge on any atom is -0.494 e. The second kappa shape index (κ2) is 6.88. The van der Waals surface area contributed by atoms with Gasteiger partial charge in [0.2, 0.25) is 0 Å². The van der Waals surface area contributed by atoms with Crippen LogP contribution in [-0.2, 0) is 0 Å². The summed E-state index contributed by atoms with van der Waals surface area (Å²) in [4.78, 5) is 17.8. The number of carbonyl (C=O) groups excluding carboxylic acids is 1. The lowest BCUT2D eigenvalue weighted by Gasteiger charge is -2.04. The summed E-state index contributed by atoms with van der Waals surface area (Å²) in [6.45, 7) is 6.34. The van der Waals surface area contributed by atoms with E-state index in [2.05, 4.69) is 10.3 Å². The van der Waals surface area contributed by atoms with Crippen LogP contribution in [0.25, 0.3) is 11.3 Å². The molecular formula is C18H18N2O3S. The molecule has 0 fully saturated rings. The molecule has 1 aromatic carbocycles. The number of aryl methyl sites for hydroxylation is 2. The van der Waals surface area contributed by atoms with Gasteiger partial charge in [-0.05, 0) is 51.1 Å². The molecule has 24 heavy (non-hydrogen) atoms. The van der Waals surface area contributed by atoms with Crippen molar-refractivity contribution < 1.29 is 13.9 Å². The molecule has 0 saturated carbocycles. The number of aromatic nitrogens is 1. The molecule has 0 aliphatic rings. The molecule has 5 nitrogen and oxygen atoms in total. The zero-order chi connectivity index (χ0) is 17.1. The number of ether oxygens (including phenoxy) is 1. The van der Waals surface area contributed by atoms with E-state index in [1.807, 2.05) is 38.1 Å². The Morgan fingerprint density at radius 3 is 2.62 bits per heavy atom. The monoisotopic (exact) mass is 342 g/mol. The molecule has 0 atom stereocenters. The third kappa shape index (κ3) is 3.33. The Morgan fingerprint density at radius 1 is 1.25 bits per heavy atom. The van der Waals surface area contributed by atoms with Gasteiger partial charge in [0.25, 0.3) is 5.91 Å². The van der Waals surface area contributed by atoms with E-state index in [4.69, 9.17) is 9.15 Å². The maximum absolute atomic E-state index is 12.2. The molecule has 2 aromatic heterocycles. The molecule has 0 saturated heterocycles. The van der Waals surface area contributed by atoms with Gasteiger partial charge in [0.05, 0.1) is 24.1 Å². The Kier molecular flexibility index (Phi) is 4.66. The molecule has 6 heteroatoms. The van der Waals surface area contributed by atoms with Gasteiger partial charge >= 0.3 is 0 Å². The van der Waals surface area contributed by atoms with Crippen molar-refractivity contribution in [3.05, 3.63) is 52.8 Å². The van der Waals surface area contributed by atoms with E-state index in [0.717, 1.165) is 21.9 Å². The van der Waals surface area contributed by atoms with Crippen LogP contribution in [-0.4, -0.2) is 17.5 Å². The number of hydrogen-bond donors (Lipinski definition) is 1. The highest BCUT2D eigenvalue weighted by Crippen LogP contribution is 2.31. The summed E-state index contributed by atoms with van der Waals surface area (Å²) in [6, 6.07) is 9.44. The number of nitrogens with one attached hydrogen (secondary N) is 1. The number of hydrogen-bond acceptors (Lipinski definition) is 5. The fraction of sp³-hybridized carbons (Fsp3) is 0.222. The summed E-state index contributed by atoms with van der Waals surface area (Å²) in [5.41, 5.74) is 2.37. The predicted molar refractivity (Wildman–Crippen MR) is 94.9 cm³/mol. The van der Waals surface area contributed by atoms with Crippen LogP contribution in [0, 0.1) is 13.8 Å². The molecule has 0 radical (unpaired) electrons. The van der Waals surface area contributed by atoms with Gasteiger partial charge in [-0.3, -0.25) is 10.1 Å². The molecule has 1 N–H and O–H groups in total. The smallest absolute Gasteiger partial charge is 0.260 e. The number of thiazole rings is 1. The van der Waals surface area contributed by atoms with Crippen LogP contribution >= 0.6 is 11.3 Å². The molecule has 124 valence electrons. The van der Waals surface area contributed by atoms with Crippen molar-refractivity contribution in [3.8, 4) is 17.0 Å². The van der Waals surface area contributed by atoms with E-state index >= 15 is 0 Å². The number of amides is 1. The molecule has 0 unspecified atom stereocenters. The van der Waals surface area contributed by atoms with E-state index in [-0.39, 0.29) is 5.91 Å². The SMILES string of the molecule is CCOc1ccc(-c2nc(NC(=O)c3ccoc3C)sc2C)cc1. The highest BCUT2D eigenvalue weighted by molar-refractivity contribution is 7.16. The quantitative estimate of drug-likeness (QED) is 0.732. The van der Waals surface area contributed by atoms with Crippen molar-refractivity contribution in [2.75, 3.05) is 11.9 Å². The highest BCUT2D eigenvalue weighted by Gasteiger charge is 2.15. The molecule has 0 aliphatic heterocycles. The van der Waals surface area contributed by atoms with Crippen LogP contribution in [0.5, 0.6) is 5.75 Å². The molecule has 0 bridgehead atoms. The van der Waals surface area contributed by atoms with Crippen LogP contribution in [0.1, 0.15) is 27.9 Å². The predicted octanol–water partition coefficient (Wildman–Crippen LogP) is 4.67. The lowest BCUT2D eigenvalue weighted by Crippen LogP contribution is -2.11. The summed E-state index contributed by atoms with van der Waals surface area (Å²) in [6.07, 6.45) is 1.50. The number of nitrogens with zero attached hydrogens (tertiary/aromatic N) is 1. The molecular weight excluding hydrogens is 324 g/mol. The van der Waals surface area contributed by atoms with Gasteiger partial charge in [0.1, 0.15) is 11.5 Å². The van der Waals surface area contributed by atoms with Crippen molar-refractivity contribution in [1.82, 2.24) is 4.98 Å². The average molecular weight is 342 g/mol. The minimum absolute atomic E-state index is 0.215. The fourth-order valence-electron chi connectivity index (χ4n) is 2.38. The van der Waals surface area contributed by atoms with E-state index in [1.165, 1.54) is 17.6 Å². The first kappa shape index (κ1) is 16.3. The largest absolute Gasteiger partial charge is 0.494 e. The van der Waals surface area contributed by atoms with E-state index in [1.54, 1.807) is 13.0 Å². The fourth-order valence-corrected chi connectivity index (χ4v) is 3.21. The number of carbonyl (C=O) groups is 1. The molecule has 3 rings (SSSR count). The molecule has 2 heterocycles. The van der Waals surface area contributed by atoms with Gasteiger partial charge < -0.3 is 9.15 Å².